The van der Waals surface area contributed by atoms with Crippen LogP contribution in [0.25, 0.3) is 0 Å². The third kappa shape index (κ3) is 3.89. The van der Waals surface area contributed by atoms with E-state index in [4.69, 9.17) is 0 Å². The van der Waals surface area contributed by atoms with Crippen molar-refractivity contribution in [1.82, 2.24) is 0 Å². The fourth-order valence-electron chi connectivity index (χ4n) is 5.61. The van der Waals surface area contributed by atoms with Crippen molar-refractivity contribution in [1.29, 1.82) is 0 Å². The second-order valence-electron chi connectivity index (χ2n) is 9.56. The minimum Gasteiger partial charge on any atom is -0.369 e. The van der Waals surface area contributed by atoms with Gasteiger partial charge in [0.15, 0.2) is 5.78 Å². The second kappa shape index (κ2) is 10.2. The number of hydrogen-bond acceptors (Lipinski definition) is 3. The van der Waals surface area contributed by atoms with Crippen molar-refractivity contribution in [2.24, 2.45) is 0 Å². The van der Waals surface area contributed by atoms with Crippen molar-refractivity contribution < 1.29 is 14.7 Å². The Bertz CT molecular complexity index is 1290. The fraction of sp³-hybridized carbons (Fsp3) is 0.212. The molecule has 0 aliphatic carbocycles. The zero-order chi connectivity index (χ0) is 25.9. The third-order valence-electron chi connectivity index (χ3n) is 7.37. The number of para-hydroxylation sites is 1. The number of unbranched alkanes of at least 4 members (excludes halogenated alkanes) is 2. The first-order chi connectivity index (χ1) is 18.1. The molecule has 0 fully saturated rings. The fourth-order valence-corrected chi connectivity index (χ4v) is 5.61. The third-order valence-corrected chi connectivity index (χ3v) is 7.37. The smallest absolute Gasteiger partial charge is 0.272 e. The number of amides is 1. The van der Waals surface area contributed by atoms with Gasteiger partial charge in [-0.05, 0) is 29.2 Å². The molecular weight excluding hydrogens is 458 g/mol. The van der Waals surface area contributed by atoms with Gasteiger partial charge in [0.2, 0.25) is 5.60 Å². The highest BCUT2D eigenvalue weighted by Crippen LogP contribution is 2.52. The Morgan fingerprint density at radius 1 is 0.730 bits per heavy atom. The molecule has 5 rings (SSSR count). The summed E-state index contributed by atoms with van der Waals surface area (Å²) in [6.45, 7) is 2.06. The van der Waals surface area contributed by atoms with E-state index in [0.29, 0.717) is 17.7 Å². The van der Waals surface area contributed by atoms with E-state index in [-0.39, 0.29) is 6.42 Å². The van der Waals surface area contributed by atoms with Gasteiger partial charge in [-0.25, -0.2) is 0 Å². The van der Waals surface area contributed by atoms with Crippen molar-refractivity contribution in [2.75, 3.05) is 4.90 Å². The molecule has 4 nitrogen and oxygen atoms in total. The summed E-state index contributed by atoms with van der Waals surface area (Å²) >= 11 is 0. The number of anilines is 1. The first-order valence-corrected chi connectivity index (χ1v) is 12.9. The zero-order valence-corrected chi connectivity index (χ0v) is 21.0. The Hall–Kier alpha value is -4.02. The normalized spacial score (nSPS) is 17.0. The molecule has 0 unspecified atom stereocenters. The van der Waals surface area contributed by atoms with E-state index in [1.54, 1.807) is 17.0 Å². The second-order valence-corrected chi connectivity index (χ2v) is 9.56. The van der Waals surface area contributed by atoms with Crippen molar-refractivity contribution in [2.45, 2.75) is 43.7 Å². The van der Waals surface area contributed by atoms with Gasteiger partial charge in [-0.3, -0.25) is 14.5 Å². The van der Waals surface area contributed by atoms with E-state index in [0.717, 1.165) is 29.5 Å². The Morgan fingerprint density at radius 3 is 1.68 bits per heavy atom. The molecular formula is C33H31NO3. The van der Waals surface area contributed by atoms with Gasteiger partial charge in [-0.15, -0.1) is 0 Å². The summed E-state index contributed by atoms with van der Waals surface area (Å²) in [5.41, 5.74) is 0.0952. The molecule has 1 heterocycles. The van der Waals surface area contributed by atoms with Gasteiger partial charge in [0, 0.05) is 12.0 Å². The molecule has 0 radical (unpaired) electrons. The van der Waals surface area contributed by atoms with Crippen LogP contribution in [0, 0.1) is 0 Å². The molecule has 1 N–H and O–H groups in total. The summed E-state index contributed by atoms with van der Waals surface area (Å²) in [6, 6.07) is 36.6. The first-order valence-electron chi connectivity index (χ1n) is 12.9. The van der Waals surface area contributed by atoms with E-state index < -0.39 is 22.8 Å². The Balaban J connectivity index is 1.82. The number of benzene rings is 4. The van der Waals surface area contributed by atoms with Gasteiger partial charge in [0.05, 0.1) is 5.69 Å². The van der Waals surface area contributed by atoms with Crippen molar-refractivity contribution >= 4 is 17.4 Å². The molecule has 37 heavy (non-hydrogen) atoms. The Kier molecular flexibility index (Phi) is 6.77. The summed E-state index contributed by atoms with van der Waals surface area (Å²) in [5, 5.41) is 12.0. The lowest BCUT2D eigenvalue weighted by atomic mass is 9.75. The number of rotatable bonds is 9. The minimum atomic E-state index is -2.24. The number of fused-ring (bicyclic) bond motifs is 1. The van der Waals surface area contributed by atoms with Crippen LogP contribution >= 0.6 is 0 Å². The number of nitrogens with zero attached hydrogens (tertiary/aromatic N) is 1. The van der Waals surface area contributed by atoms with Crippen LogP contribution in [-0.2, 0) is 20.7 Å². The highest BCUT2D eigenvalue weighted by Gasteiger charge is 2.60. The standard InChI is InChI=1S/C33H31NO3/c1-2-3-7-24-30(35)33(37)28-22-14-15-23-29(28)34(31(33)36)32(25-16-8-4-9-17-25,26-18-10-5-11-19-26)27-20-12-6-13-21-27/h4-6,8-23,37H,2-3,7,24H2,1H3/t33-/m1/s1. The highest BCUT2D eigenvalue weighted by molar-refractivity contribution is 6.21. The van der Waals surface area contributed by atoms with Gasteiger partial charge in [0.25, 0.3) is 5.91 Å². The number of carbonyl (C=O) groups excluding carboxylic acids is 2. The molecule has 1 atom stereocenters. The number of carbonyl (C=O) groups is 2. The maximum Gasteiger partial charge on any atom is 0.272 e. The molecule has 4 aromatic rings. The van der Waals surface area contributed by atoms with Gasteiger partial charge >= 0.3 is 0 Å². The average Bonchev–Trinajstić information content (AvgIpc) is 3.19. The first kappa shape index (κ1) is 24.7. The lowest BCUT2D eigenvalue weighted by Crippen LogP contribution is -2.55. The summed E-state index contributed by atoms with van der Waals surface area (Å²) in [4.78, 5) is 29.8. The molecule has 0 aromatic heterocycles. The molecule has 4 aromatic carbocycles. The molecule has 4 heteroatoms. The van der Waals surface area contributed by atoms with Crippen molar-refractivity contribution in [3.05, 3.63) is 138 Å². The maximum absolute atomic E-state index is 14.6. The highest BCUT2D eigenvalue weighted by atomic mass is 16.3. The van der Waals surface area contributed by atoms with Gasteiger partial charge in [-0.1, -0.05) is 129 Å². The largest absolute Gasteiger partial charge is 0.369 e. The summed E-state index contributed by atoms with van der Waals surface area (Å²) < 4.78 is 0. The van der Waals surface area contributed by atoms with Crippen LogP contribution in [-0.4, -0.2) is 16.8 Å². The monoisotopic (exact) mass is 489 g/mol. The van der Waals surface area contributed by atoms with Crippen LogP contribution in [0.1, 0.15) is 54.9 Å². The predicted octanol–water partition coefficient (Wildman–Crippen LogP) is 6.36. The molecule has 1 amide bonds. The predicted molar refractivity (Wildman–Crippen MR) is 146 cm³/mol. The number of Topliss-reactive ketones (excluding diaryl/α,β-unsaturated/α-hetero) is 1. The maximum atomic E-state index is 14.6. The Morgan fingerprint density at radius 2 is 1.19 bits per heavy atom. The minimum absolute atomic E-state index is 0.146. The van der Waals surface area contributed by atoms with Crippen molar-refractivity contribution in [3.63, 3.8) is 0 Å². The molecule has 1 aliphatic rings. The molecule has 186 valence electrons. The number of hydrogen-bond donors (Lipinski definition) is 1. The SMILES string of the molecule is CCCCCC(=O)[C@@]1(O)C(=O)N(C(c2ccccc2)(c2ccccc2)c2ccccc2)c2ccccc21. The van der Waals surface area contributed by atoms with E-state index in [2.05, 4.69) is 6.92 Å². The topological polar surface area (TPSA) is 57.6 Å². The molecule has 0 bridgehead atoms. The van der Waals surface area contributed by atoms with Crippen LogP contribution in [0.4, 0.5) is 5.69 Å². The number of ketones is 1. The Labute approximate surface area is 218 Å². The van der Waals surface area contributed by atoms with Gasteiger partial charge in [-0.2, -0.15) is 0 Å². The molecule has 0 saturated heterocycles. The average molecular weight is 490 g/mol. The summed E-state index contributed by atoms with van der Waals surface area (Å²) in [5.74, 6) is -1.07. The van der Waals surface area contributed by atoms with Crippen molar-refractivity contribution in [3.8, 4) is 0 Å². The van der Waals surface area contributed by atoms with Gasteiger partial charge in [0.1, 0.15) is 5.54 Å². The number of aliphatic hydroxyl groups is 1. The van der Waals surface area contributed by atoms with E-state index in [1.165, 1.54) is 0 Å². The zero-order valence-electron chi connectivity index (χ0n) is 21.0. The van der Waals surface area contributed by atoms with Gasteiger partial charge < -0.3 is 5.11 Å². The quantitative estimate of drug-likeness (QED) is 0.169. The van der Waals surface area contributed by atoms with Crippen LogP contribution < -0.4 is 4.90 Å². The molecule has 1 aliphatic heterocycles. The lowest BCUT2D eigenvalue weighted by Gasteiger charge is -2.44. The van der Waals surface area contributed by atoms with Crippen LogP contribution in [0.15, 0.2) is 115 Å². The van der Waals surface area contributed by atoms with Crippen LogP contribution in [0.2, 0.25) is 0 Å². The molecule has 0 spiro atoms. The van der Waals surface area contributed by atoms with E-state index in [9.17, 15) is 14.7 Å². The summed E-state index contributed by atoms with van der Waals surface area (Å²) in [6.07, 6.45) is 2.59. The van der Waals surface area contributed by atoms with Crippen LogP contribution in [0.3, 0.4) is 0 Å². The summed E-state index contributed by atoms with van der Waals surface area (Å²) in [7, 11) is 0. The molecule has 0 saturated carbocycles. The van der Waals surface area contributed by atoms with Crippen LogP contribution in [0.5, 0.6) is 0 Å². The van der Waals surface area contributed by atoms with E-state index >= 15 is 0 Å². The van der Waals surface area contributed by atoms with E-state index in [1.807, 2.05) is 103 Å². The lowest BCUT2D eigenvalue weighted by molar-refractivity contribution is -0.150.